The molecule has 5 nitrogen and oxygen atoms in total. The van der Waals surface area contributed by atoms with Crippen LogP contribution in [0.1, 0.15) is 19.4 Å². The number of esters is 1. The molecule has 0 fully saturated rings. The van der Waals surface area contributed by atoms with Crippen molar-refractivity contribution in [2.45, 2.75) is 18.7 Å². The van der Waals surface area contributed by atoms with Gasteiger partial charge in [-0.05, 0) is 24.0 Å². The number of phenols is 1. The standard InChI is InChI=1S/C13H14N2O3S/c1-4-18-13(17)11-9-10(14-15-11)7(3)6-8(12(9)16)19-5-2/h6,16H,3-5H2,1-2H3. The van der Waals surface area contributed by atoms with Crippen LogP contribution in [-0.4, -0.2) is 29.1 Å². The first-order valence-electron chi connectivity index (χ1n) is 5.91. The van der Waals surface area contributed by atoms with E-state index in [1.807, 2.05) is 6.92 Å². The number of hydrogen-bond acceptors (Lipinski definition) is 6. The van der Waals surface area contributed by atoms with Crippen LogP contribution in [-0.2, 0) is 9.53 Å². The molecule has 19 heavy (non-hydrogen) atoms. The van der Waals surface area contributed by atoms with Gasteiger partial charge in [-0.1, -0.05) is 13.5 Å². The lowest BCUT2D eigenvalue weighted by Crippen LogP contribution is -2.30. The van der Waals surface area contributed by atoms with Gasteiger partial charge in [0.15, 0.2) is 5.71 Å². The molecule has 0 saturated heterocycles. The summed E-state index contributed by atoms with van der Waals surface area (Å²) in [6.45, 7) is 7.80. The molecular formula is C13H14N2O3S. The average Bonchev–Trinajstić information content (AvgIpc) is 2.81. The summed E-state index contributed by atoms with van der Waals surface area (Å²) in [7, 11) is 0. The van der Waals surface area contributed by atoms with E-state index in [9.17, 15) is 9.90 Å². The molecule has 0 aromatic heterocycles. The molecule has 0 amide bonds. The predicted molar refractivity (Wildman–Crippen MR) is 74.0 cm³/mol. The molecule has 6 heteroatoms. The number of nitrogens with zero attached hydrogens (tertiary/aromatic N) is 2. The second-order valence-electron chi connectivity index (χ2n) is 3.81. The first-order chi connectivity index (χ1) is 9.10. The molecule has 100 valence electrons. The van der Waals surface area contributed by atoms with E-state index >= 15 is 0 Å². The van der Waals surface area contributed by atoms with E-state index in [0.29, 0.717) is 21.0 Å². The highest BCUT2D eigenvalue weighted by Crippen LogP contribution is 2.29. The smallest absolute Gasteiger partial charge is 0.359 e. The highest BCUT2D eigenvalue weighted by atomic mass is 32.2. The molecule has 1 N–H and O–H groups in total. The van der Waals surface area contributed by atoms with Crippen LogP contribution in [0, 0.1) is 0 Å². The van der Waals surface area contributed by atoms with E-state index in [2.05, 4.69) is 16.8 Å². The summed E-state index contributed by atoms with van der Waals surface area (Å²) < 4.78 is 4.91. The molecule has 1 heterocycles. The Labute approximate surface area is 114 Å². The first-order valence-corrected chi connectivity index (χ1v) is 6.89. The fraction of sp³-hybridized carbons (Fsp3) is 0.308. The third-order valence-corrected chi connectivity index (χ3v) is 3.48. The van der Waals surface area contributed by atoms with Crippen molar-refractivity contribution in [2.24, 2.45) is 10.2 Å². The van der Waals surface area contributed by atoms with E-state index < -0.39 is 5.97 Å². The van der Waals surface area contributed by atoms with Crippen LogP contribution >= 0.6 is 11.8 Å². The maximum absolute atomic E-state index is 11.8. The van der Waals surface area contributed by atoms with E-state index in [-0.39, 0.29) is 18.1 Å². The van der Waals surface area contributed by atoms with Crippen LogP contribution in [0.25, 0.3) is 6.58 Å². The van der Waals surface area contributed by atoms with Crippen LogP contribution in [0.3, 0.4) is 0 Å². The number of phenolic OH excluding ortho intramolecular Hbond substituents is 1. The molecule has 1 aromatic carbocycles. The number of fused-ring (bicyclic) bond motifs is 1. The van der Waals surface area contributed by atoms with Crippen molar-refractivity contribution in [2.75, 3.05) is 12.4 Å². The minimum atomic E-state index is -0.585. The fourth-order valence-corrected chi connectivity index (χ4v) is 2.56. The topological polar surface area (TPSA) is 71.2 Å². The maximum Gasteiger partial charge on any atom is 0.359 e. The molecule has 0 bridgehead atoms. The molecule has 0 radical (unpaired) electrons. The van der Waals surface area contributed by atoms with E-state index in [1.165, 1.54) is 11.8 Å². The lowest BCUT2D eigenvalue weighted by Gasteiger charge is -2.08. The van der Waals surface area contributed by atoms with Gasteiger partial charge in [-0.15, -0.1) is 22.0 Å². The maximum atomic E-state index is 11.8. The molecule has 2 rings (SSSR count). The number of carbonyl (C=O) groups is 1. The molecule has 1 aliphatic rings. The van der Waals surface area contributed by atoms with Gasteiger partial charge in [-0.2, -0.15) is 0 Å². The largest absolute Gasteiger partial charge is 0.506 e. The lowest BCUT2D eigenvalue weighted by atomic mass is 10.1. The normalized spacial score (nSPS) is 12.6. The van der Waals surface area contributed by atoms with Gasteiger partial charge in [0.1, 0.15) is 11.1 Å². The second kappa shape index (κ2) is 5.44. The Hall–Kier alpha value is -1.82. The predicted octanol–water partition coefficient (Wildman–Crippen LogP) is 0.815. The molecular weight excluding hydrogens is 264 g/mol. The number of rotatable bonds is 4. The Morgan fingerprint density at radius 3 is 2.84 bits per heavy atom. The highest BCUT2D eigenvalue weighted by Gasteiger charge is 2.26. The summed E-state index contributed by atoms with van der Waals surface area (Å²) >= 11 is 1.47. The SMILES string of the molecule is C=c1cc(SCC)c(O)c2c1=NN=C2C(=O)OCC. The fourth-order valence-electron chi connectivity index (χ4n) is 1.79. The Bertz CT molecular complexity index is 667. The Morgan fingerprint density at radius 2 is 2.21 bits per heavy atom. The van der Waals surface area contributed by atoms with Crippen molar-refractivity contribution in [1.29, 1.82) is 0 Å². The Balaban J connectivity index is 2.56. The van der Waals surface area contributed by atoms with Crippen LogP contribution in [0.15, 0.2) is 21.2 Å². The van der Waals surface area contributed by atoms with Crippen molar-refractivity contribution >= 4 is 30.0 Å². The van der Waals surface area contributed by atoms with Crippen LogP contribution in [0.5, 0.6) is 5.75 Å². The van der Waals surface area contributed by atoms with Gasteiger partial charge in [-0.3, -0.25) is 0 Å². The third kappa shape index (κ3) is 2.35. The minimum absolute atomic E-state index is 0.0160. The number of ether oxygens (including phenoxy) is 1. The van der Waals surface area contributed by atoms with Crippen molar-refractivity contribution in [3.05, 3.63) is 22.2 Å². The summed E-state index contributed by atoms with van der Waals surface area (Å²) in [5.74, 6) is 0.232. The number of benzene rings is 1. The zero-order valence-corrected chi connectivity index (χ0v) is 11.6. The molecule has 1 aliphatic heterocycles. The molecule has 0 aliphatic carbocycles. The van der Waals surface area contributed by atoms with Crippen molar-refractivity contribution < 1.29 is 14.6 Å². The summed E-state index contributed by atoms with van der Waals surface area (Å²) in [6.07, 6.45) is 0. The lowest BCUT2D eigenvalue weighted by molar-refractivity contribution is -0.134. The van der Waals surface area contributed by atoms with Gasteiger partial charge in [0, 0.05) is 0 Å². The number of thioether (sulfide) groups is 1. The molecule has 0 saturated carbocycles. The van der Waals surface area contributed by atoms with E-state index in [4.69, 9.17) is 4.74 Å². The molecule has 1 aromatic rings. The number of carbonyl (C=O) groups excluding carboxylic acids is 1. The summed E-state index contributed by atoms with van der Waals surface area (Å²) in [5, 5.41) is 19.0. The van der Waals surface area contributed by atoms with Crippen LogP contribution in [0.2, 0.25) is 0 Å². The van der Waals surface area contributed by atoms with Gasteiger partial charge in [0.05, 0.1) is 17.1 Å². The van der Waals surface area contributed by atoms with E-state index in [0.717, 1.165) is 5.75 Å². The van der Waals surface area contributed by atoms with E-state index in [1.54, 1.807) is 13.0 Å². The number of aromatic hydroxyl groups is 1. The number of hydrogen-bond donors (Lipinski definition) is 1. The Morgan fingerprint density at radius 1 is 1.47 bits per heavy atom. The minimum Gasteiger partial charge on any atom is -0.506 e. The van der Waals surface area contributed by atoms with Crippen LogP contribution in [0.4, 0.5) is 0 Å². The van der Waals surface area contributed by atoms with Crippen LogP contribution < -0.4 is 10.6 Å². The second-order valence-corrected chi connectivity index (χ2v) is 5.11. The summed E-state index contributed by atoms with van der Waals surface area (Å²) in [4.78, 5) is 12.5. The Kier molecular flexibility index (Phi) is 3.90. The van der Waals surface area contributed by atoms with Crippen molar-refractivity contribution in [1.82, 2.24) is 0 Å². The summed E-state index contributed by atoms with van der Waals surface area (Å²) in [5.41, 5.74) is 0.361. The summed E-state index contributed by atoms with van der Waals surface area (Å²) in [6, 6.07) is 1.75. The molecule has 0 spiro atoms. The zero-order chi connectivity index (χ0) is 14.0. The third-order valence-electron chi connectivity index (χ3n) is 2.57. The zero-order valence-electron chi connectivity index (χ0n) is 10.8. The molecule has 0 atom stereocenters. The van der Waals surface area contributed by atoms with Crippen molar-refractivity contribution in [3.63, 3.8) is 0 Å². The van der Waals surface area contributed by atoms with Gasteiger partial charge >= 0.3 is 5.97 Å². The first kappa shape index (κ1) is 13.6. The van der Waals surface area contributed by atoms with Gasteiger partial charge in [-0.25, -0.2) is 4.79 Å². The van der Waals surface area contributed by atoms with Gasteiger partial charge in [0.2, 0.25) is 0 Å². The quantitative estimate of drug-likeness (QED) is 0.653. The van der Waals surface area contributed by atoms with Gasteiger partial charge < -0.3 is 9.84 Å². The monoisotopic (exact) mass is 278 g/mol. The average molecular weight is 278 g/mol. The van der Waals surface area contributed by atoms with Gasteiger partial charge in [0.25, 0.3) is 0 Å². The molecule has 0 unspecified atom stereocenters. The highest BCUT2D eigenvalue weighted by molar-refractivity contribution is 7.99. The van der Waals surface area contributed by atoms with Crippen molar-refractivity contribution in [3.8, 4) is 5.75 Å².